The number of rotatable bonds is 4. The zero-order valence-electron chi connectivity index (χ0n) is 11.8. The van der Waals surface area contributed by atoms with Crippen LogP contribution >= 0.6 is 11.3 Å². The SMILES string of the molecule is CCOC(=O)[C@H]1[C@H](c2cnc(C)s2)[C@H]1C1C=CC=CC1. The molecule has 1 saturated carbocycles. The number of esters is 1. The molecule has 0 amide bonds. The van der Waals surface area contributed by atoms with Gasteiger partial charge in [0.15, 0.2) is 0 Å². The van der Waals surface area contributed by atoms with E-state index in [0.29, 0.717) is 24.4 Å². The van der Waals surface area contributed by atoms with Gasteiger partial charge in [0, 0.05) is 17.0 Å². The summed E-state index contributed by atoms with van der Waals surface area (Å²) >= 11 is 1.70. The molecule has 0 aromatic carbocycles. The standard InChI is InChI=1S/C16H19NO2S/c1-3-19-16(18)15-13(11-7-5-4-6-8-11)14(15)12-9-17-10(2)20-12/h4-7,9,11,13-15H,3,8H2,1-2H3/t11?,13-,14-,15-/m1/s1. The first-order chi connectivity index (χ1) is 9.72. The Balaban J connectivity index is 1.81. The van der Waals surface area contributed by atoms with E-state index in [0.717, 1.165) is 11.4 Å². The summed E-state index contributed by atoms with van der Waals surface area (Å²) in [4.78, 5) is 17.7. The second-order valence-electron chi connectivity index (χ2n) is 5.38. The van der Waals surface area contributed by atoms with Crippen molar-refractivity contribution in [2.75, 3.05) is 6.61 Å². The van der Waals surface area contributed by atoms with Crippen LogP contribution in [0.5, 0.6) is 0 Å². The van der Waals surface area contributed by atoms with E-state index in [2.05, 4.69) is 29.3 Å². The molecule has 106 valence electrons. The molecule has 2 aliphatic rings. The minimum Gasteiger partial charge on any atom is -0.466 e. The van der Waals surface area contributed by atoms with E-state index in [4.69, 9.17) is 4.74 Å². The van der Waals surface area contributed by atoms with E-state index in [1.165, 1.54) is 4.88 Å². The van der Waals surface area contributed by atoms with Crippen LogP contribution in [-0.4, -0.2) is 17.6 Å². The Bertz CT molecular complexity index is 561. The van der Waals surface area contributed by atoms with Gasteiger partial charge in [-0.2, -0.15) is 0 Å². The molecule has 4 atom stereocenters. The largest absolute Gasteiger partial charge is 0.466 e. The fraction of sp³-hybridized carbons (Fsp3) is 0.500. The minimum atomic E-state index is -0.0449. The lowest BCUT2D eigenvalue weighted by Gasteiger charge is -2.12. The molecule has 1 fully saturated rings. The number of aromatic nitrogens is 1. The Morgan fingerprint density at radius 2 is 2.35 bits per heavy atom. The maximum absolute atomic E-state index is 12.2. The van der Waals surface area contributed by atoms with Crippen molar-refractivity contribution in [1.29, 1.82) is 0 Å². The third-order valence-electron chi connectivity index (χ3n) is 4.11. The highest BCUT2D eigenvalue weighted by atomic mass is 32.1. The van der Waals surface area contributed by atoms with Crippen molar-refractivity contribution in [1.82, 2.24) is 4.98 Å². The molecular weight excluding hydrogens is 270 g/mol. The Kier molecular flexibility index (Phi) is 3.74. The number of carbonyl (C=O) groups is 1. The van der Waals surface area contributed by atoms with Crippen molar-refractivity contribution in [2.45, 2.75) is 26.2 Å². The molecule has 4 heteroatoms. The van der Waals surface area contributed by atoms with E-state index < -0.39 is 0 Å². The lowest BCUT2D eigenvalue weighted by molar-refractivity contribution is -0.145. The Morgan fingerprint density at radius 3 is 2.95 bits per heavy atom. The molecule has 0 spiro atoms. The van der Waals surface area contributed by atoms with Crippen LogP contribution in [0.4, 0.5) is 0 Å². The van der Waals surface area contributed by atoms with Gasteiger partial charge in [-0.15, -0.1) is 11.3 Å². The predicted octanol–water partition coefficient (Wildman–Crippen LogP) is 3.48. The van der Waals surface area contributed by atoms with Crippen LogP contribution in [0.2, 0.25) is 0 Å². The number of ether oxygens (including phenoxy) is 1. The number of hydrogen-bond donors (Lipinski definition) is 0. The zero-order valence-corrected chi connectivity index (χ0v) is 12.6. The lowest BCUT2D eigenvalue weighted by Crippen LogP contribution is -2.11. The summed E-state index contributed by atoms with van der Waals surface area (Å²) in [5, 5.41) is 1.06. The third-order valence-corrected chi connectivity index (χ3v) is 5.12. The molecule has 1 heterocycles. The highest BCUT2D eigenvalue weighted by molar-refractivity contribution is 7.11. The molecule has 20 heavy (non-hydrogen) atoms. The van der Waals surface area contributed by atoms with Crippen molar-refractivity contribution in [3.05, 3.63) is 40.4 Å². The second kappa shape index (κ2) is 5.52. The van der Waals surface area contributed by atoms with Gasteiger partial charge in [0.1, 0.15) is 0 Å². The van der Waals surface area contributed by atoms with E-state index in [1.54, 1.807) is 11.3 Å². The second-order valence-corrected chi connectivity index (χ2v) is 6.64. The highest BCUT2D eigenvalue weighted by Gasteiger charge is 2.59. The molecule has 0 aliphatic heterocycles. The van der Waals surface area contributed by atoms with Crippen LogP contribution in [-0.2, 0) is 9.53 Å². The smallest absolute Gasteiger partial charge is 0.309 e. The van der Waals surface area contributed by atoms with Crippen molar-refractivity contribution in [2.24, 2.45) is 17.8 Å². The van der Waals surface area contributed by atoms with E-state index >= 15 is 0 Å². The first kappa shape index (κ1) is 13.6. The summed E-state index contributed by atoms with van der Waals surface area (Å²) < 4.78 is 5.25. The van der Waals surface area contributed by atoms with Crippen LogP contribution in [0.15, 0.2) is 30.5 Å². The van der Waals surface area contributed by atoms with Crippen LogP contribution in [0, 0.1) is 24.7 Å². The first-order valence-electron chi connectivity index (χ1n) is 7.14. The zero-order chi connectivity index (χ0) is 14.1. The number of thiazole rings is 1. The summed E-state index contributed by atoms with van der Waals surface area (Å²) in [6, 6.07) is 0. The molecule has 0 N–H and O–H groups in total. The number of nitrogens with zero attached hydrogens (tertiary/aromatic N) is 1. The van der Waals surface area contributed by atoms with Crippen LogP contribution in [0.1, 0.15) is 29.1 Å². The maximum Gasteiger partial charge on any atom is 0.309 e. The molecule has 3 rings (SSSR count). The van der Waals surface area contributed by atoms with Crippen LogP contribution in [0.25, 0.3) is 0 Å². The third kappa shape index (κ3) is 2.44. The quantitative estimate of drug-likeness (QED) is 0.797. The van der Waals surface area contributed by atoms with Crippen molar-refractivity contribution in [3.8, 4) is 0 Å². The van der Waals surface area contributed by atoms with Crippen LogP contribution < -0.4 is 0 Å². The molecule has 0 saturated heterocycles. The van der Waals surface area contributed by atoms with E-state index in [1.807, 2.05) is 20.0 Å². The molecule has 2 aliphatic carbocycles. The van der Waals surface area contributed by atoms with Crippen LogP contribution in [0.3, 0.4) is 0 Å². The van der Waals surface area contributed by atoms with Gasteiger partial charge >= 0.3 is 5.97 Å². The molecule has 1 aromatic heterocycles. The Morgan fingerprint density at radius 1 is 1.50 bits per heavy atom. The van der Waals surface area contributed by atoms with Gasteiger partial charge in [-0.1, -0.05) is 24.3 Å². The summed E-state index contributed by atoms with van der Waals surface area (Å²) in [7, 11) is 0. The van der Waals surface area contributed by atoms with Gasteiger partial charge in [-0.05, 0) is 32.1 Å². The fourth-order valence-electron chi connectivity index (χ4n) is 3.19. The minimum absolute atomic E-state index is 0.0101. The van der Waals surface area contributed by atoms with Gasteiger partial charge in [-0.25, -0.2) is 4.98 Å². The molecule has 3 nitrogen and oxygen atoms in total. The summed E-state index contributed by atoms with van der Waals surface area (Å²) in [6.07, 6.45) is 11.5. The van der Waals surface area contributed by atoms with Gasteiger partial charge in [0.25, 0.3) is 0 Å². The van der Waals surface area contributed by atoms with Crippen molar-refractivity contribution < 1.29 is 9.53 Å². The van der Waals surface area contributed by atoms with Gasteiger partial charge in [0.05, 0.1) is 17.5 Å². The summed E-state index contributed by atoms with van der Waals surface area (Å²) in [5.41, 5.74) is 0. The average Bonchev–Trinajstić information content (AvgIpc) is 3.07. The Hall–Kier alpha value is -1.42. The number of hydrogen-bond acceptors (Lipinski definition) is 4. The molecular formula is C16H19NO2S. The maximum atomic E-state index is 12.2. The van der Waals surface area contributed by atoms with E-state index in [9.17, 15) is 4.79 Å². The number of allylic oxidation sites excluding steroid dienone is 4. The first-order valence-corrected chi connectivity index (χ1v) is 7.96. The van der Waals surface area contributed by atoms with Gasteiger partial charge in [-0.3, -0.25) is 4.79 Å². The summed E-state index contributed by atoms with van der Waals surface area (Å²) in [6.45, 7) is 4.33. The summed E-state index contributed by atoms with van der Waals surface area (Å²) in [5.74, 6) is 1.07. The predicted molar refractivity (Wildman–Crippen MR) is 79.6 cm³/mol. The Labute approximate surface area is 123 Å². The van der Waals surface area contributed by atoms with Crippen molar-refractivity contribution in [3.63, 3.8) is 0 Å². The molecule has 0 radical (unpaired) electrons. The monoisotopic (exact) mass is 289 g/mol. The number of carbonyl (C=O) groups excluding carboxylic acids is 1. The van der Waals surface area contributed by atoms with Gasteiger partial charge in [0.2, 0.25) is 0 Å². The lowest BCUT2D eigenvalue weighted by atomic mass is 9.93. The normalized spacial score (nSPS) is 31.3. The average molecular weight is 289 g/mol. The molecule has 0 bridgehead atoms. The van der Waals surface area contributed by atoms with E-state index in [-0.39, 0.29) is 11.9 Å². The van der Waals surface area contributed by atoms with Crippen molar-refractivity contribution >= 4 is 17.3 Å². The fourth-order valence-corrected chi connectivity index (χ4v) is 4.18. The highest BCUT2D eigenvalue weighted by Crippen LogP contribution is 2.60. The molecule has 1 aromatic rings. The number of aryl methyl sites for hydroxylation is 1. The van der Waals surface area contributed by atoms with Gasteiger partial charge < -0.3 is 4.74 Å². The molecule has 1 unspecified atom stereocenters. The topological polar surface area (TPSA) is 39.2 Å².